The maximum atomic E-state index is 10.8. The SMILES string of the molecule is CCN1CC([N+](=O)[O-])=C(SC)N(C)C1. The Hall–Kier alpha value is -0.750. The van der Waals surface area contributed by atoms with E-state index in [1.807, 2.05) is 30.0 Å². The van der Waals surface area contributed by atoms with Gasteiger partial charge in [0.2, 0.25) is 0 Å². The molecule has 0 spiro atoms. The van der Waals surface area contributed by atoms with Crippen molar-refractivity contribution < 1.29 is 4.92 Å². The third-order valence-corrected chi connectivity index (χ3v) is 3.17. The number of thioether (sulfide) groups is 1. The number of likely N-dealkylation sites (N-methyl/N-ethyl adjacent to an activating group) is 1. The fourth-order valence-electron chi connectivity index (χ4n) is 1.54. The summed E-state index contributed by atoms with van der Waals surface area (Å²) in [5.74, 6) is 0. The van der Waals surface area contributed by atoms with E-state index in [-0.39, 0.29) is 4.92 Å². The van der Waals surface area contributed by atoms with Gasteiger partial charge in [0.25, 0.3) is 5.70 Å². The van der Waals surface area contributed by atoms with Gasteiger partial charge in [-0.15, -0.1) is 11.8 Å². The summed E-state index contributed by atoms with van der Waals surface area (Å²) in [6, 6.07) is 0. The van der Waals surface area contributed by atoms with E-state index in [1.165, 1.54) is 11.8 Å². The molecule has 14 heavy (non-hydrogen) atoms. The summed E-state index contributed by atoms with van der Waals surface area (Å²) in [5.41, 5.74) is 0.313. The molecule has 0 aromatic rings. The van der Waals surface area contributed by atoms with Crippen molar-refractivity contribution in [3.8, 4) is 0 Å². The van der Waals surface area contributed by atoms with Crippen molar-refractivity contribution in [3.05, 3.63) is 20.8 Å². The molecule has 0 radical (unpaired) electrons. The number of hydrogen-bond acceptors (Lipinski definition) is 5. The van der Waals surface area contributed by atoms with Crippen molar-refractivity contribution in [2.24, 2.45) is 0 Å². The van der Waals surface area contributed by atoms with Crippen LogP contribution < -0.4 is 0 Å². The Morgan fingerprint density at radius 1 is 1.64 bits per heavy atom. The molecule has 0 fully saturated rings. The Labute approximate surface area is 87.9 Å². The molecule has 0 aromatic carbocycles. The quantitative estimate of drug-likeness (QED) is 0.522. The number of nitrogens with zero attached hydrogens (tertiary/aromatic N) is 3. The highest BCUT2D eigenvalue weighted by molar-refractivity contribution is 8.02. The third kappa shape index (κ3) is 2.19. The van der Waals surface area contributed by atoms with Crippen LogP contribution >= 0.6 is 11.8 Å². The molecule has 0 bridgehead atoms. The van der Waals surface area contributed by atoms with Crippen molar-refractivity contribution in [2.45, 2.75) is 6.92 Å². The van der Waals surface area contributed by atoms with Crippen LogP contribution in [-0.2, 0) is 0 Å². The molecule has 0 saturated carbocycles. The van der Waals surface area contributed by atoms with Crippen molar-refractivity contribution in [2.75, 3.05) is 33.1 Å². The molecular formula is C8H15N3O2S. The zero-order valence-electron chi connectivity index (χ0n) is 8.69. The van der Waals surface area contributed by atoms with E-state index in [2.05, 4.69) is 0 Å². The van der Waals surface area contributed by atoms with Gasteiger partial charge in [0, 0.05) is 7.05 Å². The first-order valence-electron chi connectivity index (χ1n) is 4.45. The summed E-state index contributed by atoms with van der Waals surface area (Å²) in [4.78, 5) is 14.5. The second-order valence-electron chi connectivity index (χ2n) is 3.20. The highest BCUT2D eigenvalue weighted by Crippen LogP contribution is 2.25. The van der Waals surface area contributed by atoms with Gasteiger partial charge in [-0.3, -0.25) is 15.0 Å². The van der Waals surface area contributed by atoms with Crippen molar-refractivity contribution in [1.82, 2.24) is 9.80 Å². The molecule has 0 N–H and O–H groups in total. The summed E-state index contributed by atoms with van der Waals surface area (Å²) >= 11 is 1.44. The fraction of sp³-hybridized carbons (Fsp3) is 0.750. The monoisotopic (exact) mass is 217 g/mol. The predicted molar refractivity (Wildman–Crippen MR) is 57.4 cm³/mol. The van der Waals surface area contributed by atoms with Crippen LogP contribution in [0.25, 0.3) is 0 Å². The van der Waals surface area contributed by atoms with Gasteiger partial charge < -0.3 is 4.90 Å². The van der Waals surface area contributed by atoms with Crippen molar-refractivity contribution in [3.63, 3.8) is 0 Å². The van der Waals surface area contributed by atoms with E-state index >= 15 is 0 Å². The van der Waals surface area contributed by atoms with Gasteiger partial charge >= 0.3 is 0 Å². The molecule has 0 aliphatic carbocycles. The summed E-state index contributed by atoms with van der Waals surface area (Å²) in [5, 5.41) is 11.6. The van der Waals surface area contributed by atoms with Gasteiger partial charge in [0.05, 0.1) is 18.1 Å². The summed E-state index contributed by atoms with van der Waals surface area (Å²) < 4.78 is 0. The minimum absolute atomic E-state index is 0.274. The molecule has 0 aromatic heterocycles. The van der Waals surface area contributed by atoms with E-state index in [1.54, 1.807) is 0 Å². The van der Waals surface area contributed by atoms with E-state index in [9.17, 15) is 10.1 Å². The van der Waals surface area contributed by atoms with Crippen LogP contribution in [0.5, 0.6) is 0 Å². The maximum Gasteiger partial charge on any atom is 0.289 e. The standard InChI is InChI=1S/C8H15N3O2S/c1-4-10-5-7(11(12)13)8(14-3)9(2)6-10/h4-6H2,1-3H3. The fourth-order valence-corrected chi connectivity index (χ4v) is 2.28. The average molecular weight is 217 g/mol. The lowest BCUT2D eigenvalue weighted by molar-refractivity contribution is -0.431. The summed E-state index contributed by atoms with van der Waals surface area (Å²) in [6.45, 7) is 4.06. The van der Waals surface area contributed by atoms with Gasteiger partial charge in [-0.2, -0.15) is 0 Å². The molecule has 1 heterocycles. The van der Waals surface area contributed by atoms with Crippen LogP contribution in [0.1, 0.15) is 6.92 Å². The Bertz CT molecular complexity index is 267. The Morgan fingerprint density at radius 2 is 2.29 bits per heavy atom. The highest BCUT2D eigenvalue weighted by atomic mass is 32.2. The first-order valence-corrected chi connectivity index (χ1v) is 5.67. The van der Waals surface area contributed by atoms with E-state index in [4.69, 9.17) is 0 Å². The Kier molecular flexibility index (Phi) is 3.77. The highest BCUT2D eigenvalue weighted by Gasteiger charge is 2.29. The van der Waals surface area contributed by atoms with Crippen LogP contribution in [0, 0.1) is 10.1 Å². The normalized spacial score (nSPS) is 18.9. The number of nitro groups is 1. The Balaban J connectivity index is 2.95. The molecule has 0 saturated heterocycles. The lowest BCUT2D eigenvalue weighted by Gasteiger charge is -2.32. The smallest absolute Gasteiger partial charge is 0.289 e. The Morgan fingerprint density at radius 3 is 2.71 bits per heavy atom. The molecule has 6 heteroatoms. The van der Waals surface area contributed by atoms with Crippen molar-refractivity contribution >= 4 is 11.8 Å². The predicted octanol–water partition coefficient (Wildman–Crippen LogP) is 1.02. The van der Waals surface area contributed by atoms with Gasteiger partial charge in [-0.1, -0.05) is 6.92 Å². The molecule has 1 aliphatic rings. The molecule has 1 aliphatic heterocycles. The van der Waals surface area contributed by atoms with Gasteiger partial charge in [0.1, 0.15) is 5.03 Å². The van der Waals surface area contributed by atoms with E-state index in [0.717, 1.165) is 18.2 Å². The van der Waals surface area contributed by atoms with Crippen LogP contribution in [0.15, 0.2) is 10.7 Å². The lowest BCUT2D eigenvalue weighted by Crippen LogP contribution is -2.42. The lowest BCUT2D eigenvalue weighted by atomic mass is 10.3. The van der Waals surface area contributed by atoms with Crippen LogP contribution in [0.3, 0.4) is 0 Å². The minimum Gasteiger partial charge on any atom is -0.351 e. The molecule has 0 atom stereocenters. The maximum absolute atomic E-state index is 10.8. The molecular weight excluding hydrogens is 202 g/mol. The van der Waals surface area contributed by atoms with Crippen molar-refractivity contribution in [1.29, 1.82) is 0 Å². The molecule has 80 valence electrons. The second-order valence-corrected chi connectivity index (χ2v) is 3.99. The van der Waals surface area contributed by atoms with Gasteiger partial charge in [0.15, 0.2) is 0 Å². The largest absolute Gasteiger partial charge is 0.351 e. The summed E-state index contributed by atoms with van der Waals surface area (Å²) in [6.07, 6.45) is 1.87. The molecule has 1 rings (SSSR count). The topological polar surface area (TPSA) is 49.6 Å². The van der Waals surface area contributed by atoms with Crippen LogP contribution in [-0.4, -0.2) is 47.8 Å². The zero-order chi connectivity index (χ0) is 10.7. The zero-order valence-corrected chi connectivity index (χ0v) is 9.50. The molecule has 0 amide bonds. The average Bonchev–Trinajstić information content (AvgIpc) is 2.16. The minimum atomic E-state index is -0.274. The first-order chi connectivity index (χ1) is 6.60. The number of hydrogen-bond donors (Lipinski definition) is 0. The third-order valence-electron chi connectivity index (χ3n) is 2.24. The van der Waals surface area contributed by atoms with Gasteiger partial charge in [-0.05, 0) is 12.8 Å². The second kappa shape index (κ2) is 4.65. The molecule has 5 nitrogen and oxygen atoms in total. The van der Waals surface area contributed by atoms with Crippen LogP contribution in [0.2, 0.25) is 0 Å². The number of rotatable bonds is 3. The van der Waals surface area contributed by atoms with Crippen LogP contribution in [0.4, 0.5) is 0 Å². The molecule has 0 unspecified atom stereocenters. The first kappa shape index (κ1) is 11.3. The van der Waals surface area contributed by atoms with Gasteiger partial charge in [-0.25, -0.2) is 0 Å². The van der Waals surface area contributed by atoms with E-state index < -0.39 is 0 Å². The van der Waals surface area contributed by atoms with E-state index in [0.29, 0.717) is 12.2 Å². The summed E-state index contributed by atoms with van der Waals surface area (Å²) in [7, 11) is 1.89.